The normalized spacial score (nSPS) is 10.4. The molecule has 0 aliphatic heterocycles. The summed E-state index contributed by atoms with van der Waals surface area (Å²) in [6, 6.07) is 15.2. The van der Waals surface area contributed by atoms with Crippen LogP contribution in [0.3, 0.4) is 0 Å². The lowest BCUT2D eigenvalue weighted by molar-refractivity contribution is -0.120. The first-order chi connectivity index (χ1) is 14.0. The smallest absolute Gasteiger partial charge is 0.227 e. The minimum Gasteiger partial charge on any atom is -0.497 e. The van der Waals surface area contributed by atoms with E-state index < -0.39 is 0 Å². The van der Waals surface area contributed by atoms with Crippen LogP contribution in [0.15, 0.2) is 48.5 Å². The Hall–Kier alpha value is -3.26. The largest absolute Gasteiger partial charge is 0.497 e. The van der Waals surface area contributed by atoms with Crippen molar-refractivity contribution in [2.24, 2.45) is 0 Å². The Labute approximate surface area is 173 Å². The molecule has 0 fully saturated rings. The van der Waals surface area contributed by atoms with Crippen LogP contribution in [0.25, 0.3) is 10.6 Å². The van der Waals surface area contributed by atoms with Crippen LogP contribution >= 0.6 is 11.3 Å². The zero-order valence-electron chi connectivity index (χ0n) is 16.3. The summed E-state index contributed by atoms with van der Waals surface area (Å²) in [6.45, 7) is 2.27. The molecular weight excluding hydrogens is 388 g/mol. The van der Waals surface area contributed by atoms with Crippen molar-refractivity contribution in [3.8, 4) is 16.3 Å². The number of nitrogens with zero attached hydrogens (tertiary/aromatic N) is 2. The zero-order chi connectivity index (χ0) is 20.6. The van der Waals surface area contributed by atoms with E-state index >= 15 is 0 Å². The van der Waals surface area contributed by atoms with Crippen molar-refractivity contribution in [3.05, 3.63) is 59.7 Å². The highest BCUT2D eigenvalue weighted by molar-refractivity contribution is 7.18. The molecule has 8 heteroatoms. The van der Waals surface area contributed by atoms with Crippen molar-refractivity contribution in [2.45, 2.75) is 19.8 Å². The van der Waals surface area contributed by atoms with Crippen LogP contribution in [-0.2, 0) is 16.0 Å². The molecule has 7 nitrogen and oxygen atoms in total. The van der Waals surface area contributed by atoms with Gasteiger partial charge in [-0.3, -0.25) is 9.59 Å². The van der Waals surface area contributed by atoms with Gasteiger partial charge in [-0.2, -0.15) is 0 Å². The van der Waals surface area contributed by atoms with Crippen molar-refractivity contribution in [1.82, 2.24) is 15.5 Å². The van der Waals surface area contributed by atoms with E-state index in [1.165, 1.54) is 16.9 Å². The summed E-state index contributed by atoms with van der Waals surface area (Å²) in [5, 5.41) is 14.8. The van der Waals surface area contributed by atoms with Crippen LogP contribution in [0, 0.1) is 6.92 Å². The summed E-state index contributed by atoms with van der Waals surface area (Å²) in [5.74, 6) is 0.384. The summed E-state index contributed by atoms with van der Waals surface area (Å²) in [6.07, 6.45) is 0.412. The molecule has 2 aromatic carbocycles. The lowest BCUT2D eigenvalue weighted by Crippen LogP contribution is -2.28. The topological polar surface area (TPSA) is 93.2 Å². The maximum Gasteiger partial charge on any atom is 0.227 e. The predicted molar refractivity (Wildman–Crippen MR) is 113 cm³/mol. The van der Waals surface area contributed by atoms with Gasteiger partial charge in [0, 0.05) is 18.5 Å². The van der Waals surface area contributed by atoms with Gasteiger partial charge in [-0.15, -0.1) is 10.2 Å². The highest BCUT2D eigenvalue weighted by atomic mass is 32.1. The van der Waals surface area contributed by atoms with Crippen LogP contribution in [0.1, 0.15) is 17.5 Å². The van der Waals surface area contributed by atoms with E-state index in [0.29, 0.717) is 5.13 Å². The second-order valence-electron chi connectivity index (χ2n) is 6.45. The summed E-state index contributed by atoms with van der Waals surface area (Å²) in [7, 11) is 1.60. The molecule has 0 aliphatic rings. The second-order valence-corrected chi connectivity index (χ2v) is 7.43. The molecule has 150 valence electrons. The molecular formula is C21H22N4O3S. The fraction of sp³-hybridized carbons (Fsp3) is 0.238. The van der Waals surface area contributed by atoms with Gasteiger partial charge in [-0.25, -0.2) is 0 Å². The number of amides is 2. The molecule has 0 unspecified atom stereocenters. The molecule has 0 aliphatic carbocycles. The molecule has 2 N–H and O–H groups in total. The minimum atomic E-state index is -0.221. The van der Waals surface area contributed by atoms with Gasteiger partial charge >= 0.3 is 0 Å². The number of nitrogens with one attached hydrogen (secondary N) is 2. The van der Waals surface area contributed by atoms with Crippen molar-refractivity contribution in [1.29, 1.82) is 0 Å². The van der Waals surface area contributed by atoms with E-state index in [1.54, 1.807) is 7.11 Å². The zero-order valence-corrected chi connectivity index (χ0v) is 17.1. The van der Waals surface area contributed by atoms with Crippen LogP contribution in [0.5, 0.6) is 5.75 Å². The average molecular weight is 410 g/mol. The number of hydrogen-bond donors (Lipinski definition) is 2. The first-order valence-electron chi connectivity index (χ1n) is 9.13. The van der Waals surface area contributed by atoms with E-state index in [1.807, 2.05) is 55.5 Å². The number of ether oxygens (including phenoxy) is 1. The number of benzene rings is 2. The van der Waals surface area contributed by atoms with Crippen LogP contribution < -0.4 is 15.4 Å². The maximum atomic E-state index is 12.1. The number of anilines is 1. The molecule has 0 saturated carbocycles. The van der Waals surface area contributed by atoms with Crippen LogP contribution in [0.4, 0.5) is 5.13 Å². The van der Waals surface area contributed by atoms with Crippen molar-refractivity contribution in [3.63, 3.8) is 0 Å². The Morgan fingerprint density at radius 1 is 1.00 bits per heavy atom. The Morgan fingerprint density at radius 3 is 2.41 bits per heavy atom. The third-order valence-electron chi connectivity index (χ3n) is 4.17. The summed E-state index contributed by atoms with van der Waals surface area (Å²) >= 11 is 1.31. The standard InChI is InChI=1S/C21H22N4O3S/c1-14-3-7-16(8-4-14)20-24-25-21(29-20)23-18(26)11-12-22-19(27)13-15-5-9-17(28-2)10-6-15/h3-10H,11-13H2,1-2H3,(H,22,27)(H,23,25,26). The Kier molecular flexibility index (Phi) is 6.91. The monoisotopic (exact) mass is 410 g/mol. The van der Waals surface area contributed by atoms with Gasteiger partial charge < -0.3 is 15.4 Å². The molecule has 0 radical (unpaired) electrons. The number of aromatic nitrogens is 2. The number of carbonyl (C=O) groups excluding carboxylic acids is 2. The van der Waals surface area contributed by atoms with E-state index in [-0.39, 0.29) is 31.2 Å². The highest BCUT2D eigenvalue weighted by Crippen LogP contribution is 2.26. The first kappa shape index (κ1) is 20.5. The highest BCUT2D eigenvalue weighted by Gasteiger charge is 2.10. The summed E-state index contributed by atoms with van der Waals surface area (Å²) in [5.41, 5.74) is 3.01. The Bertz CT molecular complexity index is 968. The van der Waals surface area contributed by atoms with Crippen molar-refractivity contribution < 1.29 is 14.3 Å². The van der Waals surface area contributed by atoms with E-state index in [9.17, 15) is 9.59 Å². The molecule has 0 saturated heterocycles. The predicted octanol–water partition coefficient (Wildman–Crippen LogP) is 3.21. The fourth-order valence-corrected chi connectivity index (χ4v) is 3.34. The van der Waals surface area contributed by atoms with Crippen molar-refractivity contribution >= 4 is 28.3 Å². The van der Waals surface area contributed by atoms with Gasteiger partial charge in [0.2, 0.25) is 16.9 Å². The first-order valence-corrected chi connectivity index (χ1v) is 9.95. The maximum absolute atomic E-state index is 12.1. The number of methoxy groups -OCH3 is 1. The summed E-state index contributed by atoms with van der Waals surface area (Å²) in [4.78, 5) is 24.1. The summed E-state index contributed by atoms with van der Waals surface area (Å²) < 4.78 is 5.09. The minimum absolute atomic E-state index is 0.138. The van der Waals surface area contributed by atoms with E-state index in [2.05, 4.69) is 20.8 Å². The average Bonchev–Trinajstić information content (AvgIpc) is 3.17. The van der Waals surface area contributed by atoms with Gasteiger partial charge in [-0.05, 0) is 24.6 Å². The molecule has 1 aromatic heterocycles. The lowest BCUT2D eigenvalue weighted by Gasteiger charge is -2.06. The van der Waals surface area contributed by atoms with Gasteiger partial charge in [-0.1, -0.05) is 53.3 Å². The van der Waals surface area contributed by atoms with Gasteiger partial charge in [0.25, 0.3) is 0 Å². The molecule has 2 amide bonds. The lowest BCUT2D eigenvalue weighted by atomic mass is 10.1. The number of hydrogen-bond acceptors (Lipinski definition) is 6. The molecule has 0 spiro atoms. The molecule has 0 atom stereocenters. The number of aryl methyl sites for hydroxylation is 1. The number of rotatable bonds is 8. The molecule has 3 rings (SSSR count). The third-order valence-corrected chi connectivity index (χ3v) is 5.06. The second kappa shape index (κ2) is 9.79. The SMILES string of the molecule is COc1ccc(CC(=O)NCCC(=O)Nc2nnc(-c3ccc(C)cc3)s2)cc1. The molecule has 1 heterocycles. The molecule has 0 bridgehead atoms. The quantitative estimate of drug-likeness (QED) is 0.595. The number of carbonyl (C=O) groups is 2. The van der Waals surface area contributed by atoms with E-state index in [0.717, 1.165) is 21.9 Å². The van der Waals surface area contributed by atoms with E-state index in [4.69, 9.17) is 4.74 Å². The van der Waals surface area contributed by atoms with Crippen LogP contribution in [-0.4, -0.2) is 35.7 Å². The van der Waals surface area contributed by atoms with Gasteiger partial charge in [0.15, 0.2) is 0 Å². The third kappa shape index (κ3) is 6.11. The van der Waals surface area contributed by atoms with Crippen molar-refractivity contribution in [2.75, 3.05) is 19.0 Å². The van der Waals surface area contributed by atoms with Gasteiger partial charge in [0.1, 0.15) is 10.8 Å². The van der Waals surface area contributed by atoms with Gasteiger partial charge in [0.05, 0.1) is 13.5 Å². The fourth-order valence-electron chi connectivity index (χ4n) is 2.58. The Balaban J connectivity index is 1.41. The Morgan fingerprint density at radius 2 is 1.72 bits per heavy atom. The molecule has 29 heavy (non-hydrogen) atoms. The molecule has 3 aromatic rings. The van der Waals surface area contributed by atoms with Crippen LogP contribution in [0.2, 0.25) is 0 Å².